The number of aromatic amines is 1. The molecule has 120 valence electrons. The minimum atomic E-state index is -0.428. The van der Waals surface area contributed by atoms with Crippen molar-refractivity contribution in [2.24, 2.45) is 0 Å². The minimum Gasteiger partial charge on any atom is -0.344 e. The number of H-pyrrole nitrogens is 1. The predicted molar refractivity (Wildman–Crippen MR) is 85.3 cm³/mol. The van der Waals surface area contributed by atoms with Gasteiger partial charge in [0.25, 0.3) is 0 Å². The lowest BCUT2D eigenvalue weighted by Gasteiger charge is -2.32. The van der Waals surface area contributed by atoms with Crippen LogP contribution in [0.15, 0.2) is 42.6 Å². The number of nitrogens with zero attached hydrogens (tertiary/aromatic N) is 2. The molecule has 0 saturated carbocycles. The van der Waals surface area contributed by atoms with Crippen LogP contribution in [0.3, 0.4) is 0 Å². The first-order chi connectivity index (χ1) is 11.2. The molecule has 0 aliphatic carbocycles. The van der Waals surface area contributed by atoms with Crippen LogP contribution in [-0.4, -0.2) is 39.5 Å². The van der Waals surface area contributed by atoms with Crippen molar-refractivity contribution >= 4 is 11.8 Å². The molecule has 0 unspecified atom stereocenters. The summed E-state index contributed by atoms with van der Waals surface area (Å²) in [6.45, 7) is 1.33. The van der Waals surface area contributed by atoms with E-state index in [1.165, 1.54) is 0 Å². The summed E-state index contributed by atoms with van der Waals surface area (Å²) in [5, 5.41) is 9.41. The molecule has 23 heavy (non-hydrogen) atoms. The number of piperidine rings is 1. The van der Waals surface area contributed by atoms with Gasteiger partial charge in [-0.1, -0.05) is 30.3 Å². The highest BCUT2D eigenvalue weighted by Crippen LogP contribution is 2.15. The standard InChI is InChI=1S/C17H20N4O2/c22-16(11-14-8-9-18-20-14)19-15-7-4-10-21(17(15)23)12-13-5-2-1-3-6-13/h1-3,5-6,8-9,15H,4,7,10-12H2,(H,18,20)(H,19,22)/t15-/m0/s1. The van der Waals surface area contributed by atoms with Crippen LogP contribution in [0.2, 0.25) is 0 Å². The molecule has 1 aromatic carbocycles. The summed E-state index contributed by atoms with van der Waals surface area (Å²) in [5.74, 6) is -0.160. The van der Waals surface area contributed by atoms with E-state index in [2.05, 4.69) is 15.5 Å². The van der Waals surface area contributed by atoms with E-state index in [9.17, 15) is 9.59 Å². The fraction of sp³-hybridized carbons (Fsp3) is 0.353. The lowest BCUT2D eigenvalue weighted by Crippen LogP contribution is -2.52. The second-order valence-electron chi connectivity index (χ2n) is 5.77. The number of nitrogens with one attached hydrogen (secondary N) is 2. The van der Waals surface area contributed by atoms with Gasteiger partial charge in [-0.05, 0) is 24.5 Å². The number of rotatable bonds is 5. The topological polar surface area (TPSA) is 78.1 Å². The van der Waals surface area contributed by atoms with Crippen molar-refractivity contribution in [3.05, 3.63) is 53.9 Å². The maximum atomic E-state index is 12.6. The van der Waals surface area contributed by atoms with Gasteiger partial charge in [-0.25, -0.2) is 0 Å². The molecule has 2 aromatic rings. The fourth-order valence-corrected chi connectivity index (χ4v) is 2.84. The summed E-state index contributed by atoms with van der Waals surface area (Å²) in [6, 6.07) is 11.2. The molecule has 2 amide bonds. The van der Waals surface area contributed by atoms with E-state index in [1.54, 1.807) is 12.3 Å². The smallest absolute Gasteiger partial charge is 0.245 e. The Morgan fingerprint density at radius 2 is 2.13 bits per heavy atom. The first kappa shape index (κ1) is 15.3. The average molecular weight is 312 g/mol. The molecule has 0 radical (unpaired) electrons. The lowest BCUT2D eigenvalue weighted by molar-refractivity contribution is -0.139. The molecule has 1 aliphatic rings. The number of likely N-dealkylation sites (tertiary alicyclic amines) is 1. The third-order valence-corrected chi connectivity index (χ3v) is 3.99. The summed E-state index contributed by atoms with van der Waals surface area (Å²) in [6.07, 6.45) is 3.41. The van der Waals surface area contributed by atoms with Gasteiger partial charge in [0.15, 0.2) is 0 Å². The molecule has 1 aromatic heterocycles. The number of aromatic nitrogens is 2. The molecule has 2 N–H and O–H groups in total. The predicted octanol–water partition coefficient (Wildman–Crippen LogP) is 1.26. The number of hydrogen-bond acceptors (Lipinski definition) is 3. The maximum Gasteiger partial charge on any atom is 0.245 e. The highest BCUT2D eigenvalue weighted by atomic mass is 16.2. The quantitative estimate of drug-likeness (QED) is 0.872. The second-order valence-corrected chi connectivity index (χ2v) is 5.77. The van der Waals surface area contributed by atoms with Gasteiger partial charge in [0, 0.05) is 25.0 Å². The highest BCUT2D eigenvalue weighted by molar-refractivity contribution is 5.88. The van der Waals surface area contributed by atoms with Crippen LogP contribution in [-0.2, 0) is 22.6 Å². The SMILES string of the molecule is O=C(Cc1ccn[nH]1)N[C@H]1CCCN(Cc2ccccc2)C1=O. The van der Waals surface area contributed by atoms with Crippen LogP contribution < -0.4 is 5.32 Å². The number of benzene rings is 1. The van der Waals surface area contributed by atoms with E-state index >= 15 is 0 Å². The van der Waals surface area contributed by atoms with Crippen LogP contribution in [0.1, 0.15) is 24.1 Å². The Kier molecular flexibility index (Phi) is 4.71. The van der Waals surface area contributed by atoms with Crippen LogP contribution >= 0.6 is 0 Å². The molecule has 6 heteroatoms. The molecule has 3 rings (SSSR count). The summed E-state index contributed by atoms with van der Waals surface area (Å²) in [5.41, 5.74) is 1.84. The van der Waals surface area contributed by atoms with Gasteiger partial charge in [-0.3, -0.25) is 14.7 Å². The van der Waals surface area contributed by atoms with Crippen LogP contribution in [0.25, 0.3) is 0 Å². The van der Waals surface area contributed by atoms with Crippen molar-refractivity contribution < 1.29 is 9.59 Å². The van der Waals surface area contributed by atoms with Crippen molar-refractivity contribution in [3.8, 4) is 0 Å². The maximum absolute atomic E-state index is 12.6. The fourth-order valence-electron chi connectivity index (χ4n) is 2.84. The van der Waals surface area contributed by atoms with Gasteiger partial charge in [-0.15, -0.1) is 0 Å². The van der Waals surface area contributed by atoms with E-state index in [-0.39, 0.29) is 18.2 Å². The second kappa shape index (κ2) is 7.09. The van der Waals surface area contributed by atoms with E-state index < -0.39 is 6.04 Å². The van der Waals surface area contributed by atoms with E-state index in [0.717, 1.165) is 24.2 Å². The van der Waals surface area contributed by atoms with E-state index in [0.29, 0.717) is 13.0 Å². The Morgan fingerprint density at radius 1 is 1.30 bits per heavy atom. The molecule has 1 saturated heterocycles. The summed E-state index contributed by atoms with van der Waals surface area (Å²) < 4.78 is 0. The van der Waals surface area contributed by atoms with E-state index in [4.69, 9.17) is 0 Å². The first-order valence-corrected chi connectivity index (χ1v) is 7.83. The third-order valence-electron chi connectivity index (χ3n) is 3.99. The molecule has 0 spiro atoms. The normalized spacial score (nSPS) is 18.0. The Hall–Kier alpha value is -2.63. The minimum absolute atomic E-state index is 0.00179. The highest BCUT2D eigenvalue weighted by Gasteiger charge is 2.29. The zero-order valence-corrected chi connectivity index (χ0v) is 12.9. The van der Waals surface area contributed by atoms with Gasteiger partial charge >= 0.3 is 0 Å². The van der Waals surface area contributed by atoms with Crippen molar-refractivity contribution in [2.45, 2.75) is 31.8 Å². The van der Waals surface area contributed by atoms with Gasteiger partial charge in [0.1, 0.15) is 6.04 Å². The molecule has 1 aliphatic heterocycles. The zero-order chi connectivity index (χ0) is 16.1. The van der Waals surface area contributed by atoms with Gasteiger partial charge < -0.3 is 10.2 Å². The number of carbonyl (C=O) groups is 2. The monoisotopic (exact) mass is 312 g/mol. The van der Waals surface area contributed by atoms with Gasteiger partial charge in [0.2, 0.25) is 11.8 Å². The number of carbonyl (C=O) groups excluding carboxylic acids is 2. The molecule has 1 fully saturated rings. The van der Waals surface area contributed by atoms with Crippen molar-refractivity contribution in [3.63, 3.8) is 0 Å². The summed E-state index contributed by atoms with van der Waals surface area (Å²) in [7, 11) is 0. The Bertz CT molecular complexity index is 654. The molecular formula is C17H20N4O2. The Balaban J connectivity index is 1.57. The molecule has 2 heterocycles. The van der Waals surface area contributed by atoms with Crippen LogP contribution in [0.5, 0.6) is 0 Å². The number of hydrogen-bond donors (Lipinski definition) is 2. The van der Waals surface area contributed by atoms with Crippen LogP contribution in [0, 0.1) is 0 Å². The zero-order valence-electron chi connectivity index (χ0n) is 12.9. The Labute approximate surface area is 134 Å². The molecule has 6 nitrogen and oxygen atoms in total. The summed E-state index contributed by atoms with van der Waals surface area (Å²) in [4.78, 5) is 26.4. The van der Waals surface area contributed by atoms with Crippen molar-refractivity contribution in [1.29, 1.82) is 0 Å². The van der Waals surface area contributed by atoms with Crippen molar-refractivity contribution in [1.82, 2.24) is 20.4 Å². The number of amides is 2. The lowest BCUT2D eigenvalue weighted by atomic mass is 10.0. The largest absolute Gasteiger partial charge is 0.344 e. The average Bonchev–Trinajstić information content (AvgIpc) is 3.05. The third kappa shape index (κ3) is 3.97. The molecule has 1 atom stereocenters. The molecule has 0 bridgehead atoms. The molecular weight excluding hydrogens is 292 g/mol. The van der Waals surface area contributed by atoms with Crippen molar-refractivity contribution in [2.75, 3.05) is 6.54 Å². The first-order valence-electron chi connectivity index (χ1n) is 7.83. The van der Waals surface area contributed by atoms with Gasteiger partial charge in [-0.2, -0.15) is 5.10 Å². The van der Waals surface area contributed by atoms with Crippen LogP contribution in [0.4, 0.5) is 0 Å². The van der Waals surface area contributed by atoms with E-state index in [1.807, 2.05) is 35.2 Å². The summed E-state index contributed by atoms with van der Waals surface area (Å²) >= 11 is 0. The Morgan fingerprint density at radius 3 is 2.87 bits per heavy atom. The van der Waals surface area contributed by atoms with Gasteiger partial charge in [0.05, 0.1) is 6.42 Å².